The summed E-state index contributed by atoms with van der Waals surface area (Å²) in [4.78, 5) is 16.8. The van der Waals surface area contributed by atoms with Gasteiger partial charge in [0.05, 0.1) is 30.6 Å². The lowest BCUT2D eigenvalue weighted by atomic mass is 10.1. The van der Waals surface area contributed by atoms with Crippen molar-refractivity contribution in [3.05, 3.63) is 42.9 Å². The number of aryl methyl sites for hydroxylation is 1. The van der Waals surface area contributed by atoms with Crippen LogP contribution in [0.2, 0.25) is 0 Å². The van der Waals surface area contributed by atoms with E-state index < -0.39 is 0 Å². The zero-order valence-electron chi connectivity index (χ0n) is 16.6. The van der Waals surface area contributed by atoms with Crippen LogP contribution >= 0.6 is 30.3 Å². The summed E-state index contributed by atoms with van der Waals surface area (Å²) in [6, 6.07) is 8.33. The minimum atomic E-state index is 0.245. The van der Waals surface area contributed by atoms with Gasteiger partial charge in [-0.2, -0.15) is 5.10 Å². The molecule has 0 aromatic carbocycles. The maximum absolute atomic E-state index is 5.63. The van der Waals surface area contributed by atoms with E-state index in [1.54, 1.807) is 15.3 Å². The third kappa shape index (κ3) is 3.46. The number of hydrogen-bond acceptors (Lipinski definition) is 7. The number of hydrogen-bond donors (Lipinski definition) is 0. The highest BCUT2D eigenvalue weighted by Gasteiger charge is 2.23. The number of ether oxygens (including phenoxy) is 1. The largest absolute Gasteiger partial charge is 0.377 e. The van der Waals surface area contributed by atoms with Gasteiger partial charge < -0.3 is 9.64 Å². The molecule has 1 atom stereocenters. The Hall–Kier alpha value is -2.18. The van der Waals surface area contributed by atoms with Gasteiger partial charge in [-0.15, -0.1) is 0 Å². The molecule has 0 amide bonds. The van der Waals surface area contributed by atoms with E-state index in [2.05, 4.69) is 49.2 Å². The quantitative estimate of drug-likeness (QED) is 0.368. The average molecular weight is 533 g/mol. The highest BCUT2D eigenvalue weighted by Crippen LogP contribution is 2.32. The van der Waals surface area contributed by atoms with Crippen molar-refractivity contribution < 1.29 is 4.74 Å². The lowest BCUT2D eigenvalue weighted by Crippen LogP contribution is -2.44. The molecule has 8 nitrogen and oxygen atoms in total. The average Bonchev–Trinajstić information content (AvgIpc) is 3.39. The molecule has 1 saturated heterocycles. The molecule has 0 N–H and O–H groups in total. The summed E-state index contributed by atoms with van der Waals surface area (Å²) >= 11 is 2.26. The second kappa shape index (κ2) is 8.16. The third-order valence-corrected chi connectivity index (χ3v) is 7.04. The first-order valence-electron chi connectivity index (χ1n) is 9.63. The van der Waals surface area contributed by atoms with Crippen molar-refractivity contribution in [3.63, 3.8) is 0 Å². The SMILES string of the molecule is CC1COCCN1c1cc(-c2ccnn2C)nc(-c2ccnc3c2ccn3SI)n1. The van der Waals surface area contributed by atoms with Gasteiger partial charge in [0, 0.05) is 79.5 Å². The monoisotopic (exact) mass is 533 g/mol. The second-order valence-corrected chi connectivity index (χ2v) is 8.91. The van der Waals surface area contributed by atoms with Crippen LogP contribution in [0.3, 0.4) is 0 Å². The van der Waals surface area contributed by atoms with Gasteiger partial charge in [-0.3, -0.25) is 8.65 Å². The smallest absolute Gasteiger partial charge is 0.163 e. The van der Waals surface area contributed by atoms with Crippen molar-refractivity contribution in [2.75, 3.05) is 24.7 Å². The van der Waals surface area contributed by atoms with E-state index in [1.165, 1.54) is 0 Å². The summed E-state index contributed by atoms with van der Waals surface area (Å²) in [6.45, 7) is 4.35. The molecule has 5 heterocycles. The number of fused-ring (bicyclic) bond motifs is 1. The molecule has 0 saturated carbocycles. The van der Waals surface area contributed by atoms with E-state index in [-0.39, 0.29) is 6.04 Å². The summed E-state index contributed by atoms with van der Waals surface area (Å²) in [5.74, 6) is 1.59. The Labute approximate surface area is 190 Å². The number of nitrogens with zero attached hydrogens (tertiary/aromatic N) is 7. The molecule has 10 heteroatoms. The predicted octanol–water partition coefficient (Wildman–Crippen LogP) is 3.97. The fourth-order valence-corrected chi connectivity index (χ4v) is 5.06. The van der Waals surface area contributed by atoms with Crippen molar-refractivity contribution in [2.45, 2.75) is 13.0 Å². The topological polar surface area (TPSA) is 73.9 Å². The first-order chi connectivity index (χ1) is 14.7. The molecule has 0 radical (unpaired) electrons. The van der Waals surface area contributed by atoms with Crippen molar-refractivity contribution in [2.24, 2.45) is 7.05 Å². The maximum Gasteiger partial charge on any atom is 0.163 e. The number of morpholine rings is 1. The van der Waals surface area contributed by atoms with Crippen molar-refractivity contribution in [1.82, 2.24) is 28.7 Å². The minimum absolute atomic E-state index is 0.245. The van der Waals surface area contributed by atoms with Gasteiger partial charge in [0.25, 0.3) is 0 Å². The Morgan fingerprint density at radius 1 is 1.20 bits per heavy atom. The summed E-state index contributed by atoms with van der Waals surface area (Å²) in [6.07, 6.45) is 5.63. The molecular weight excluding hydrogens is 513 g/mol. The highest BCUT2D eigenvalue weighted by atomic mass is 127. The number of anilines is 1. The molecule has 0 bridgehead atoms. The maximum atomic E-state index is 5.63. The van der Waals surface area contributed by atoms with Crippen molar-refractivity contribution in [1.29, 1.82) is 0 Å². The Balaban J connectivity index is 1.71. The molecule has 1 unspecified atom stereocenters. The third-order valence-electron chi connectivity index (χ3n) is 5.33. The molecule has 1 fully saturated rings. The summed E-state index contributed by atoms with van der Waals surface area (Å²) in [5.41, 5.74) is 3.67. The summed E-state index contributed by atoms with van der Waals surface area (Å²) in [7, 11) is 3.51. The fourth-order valence-electron chi connectivity index (χ4n) is 3.79. The van der Waals surface area contributed by atoms with Crippen LogP contribution in [0.25, 0.3) is 33.8 Å². The Morgan fingerprint density at radius 2 is 2.10 bits per heavy atom. The number of halogens is 1. The van der Waals surface area contributed by atoms with Crippen LogP contribution in [0.4, 0.5) is 5.82 Å². The minimum Gasteiger partial charge on any atom is -0.377 e. The van der Waals surface area contributed by atoms with Crippen LogP contribution in [0, 0.1) is 0 Å². The zero-order chi connectivity index (χ0) is 20.7. The van der Waals surface area contributed by atoms with Gasteiger partial charge in [-0.05, 0) is 25.1 Å². The molecule has 1 aliphatic heterocycles. The van der Waals surface area contributed by atoms with E-state index in [0.29, 0.717) is 19.0 Å². The van der Waals surface area contributed by atoms with E-state index >= 15 is 0 Å². The van der Waals surface area contributed by atoms with Gasteiger partial charge in [-0.25, -0.2) is 15.0 Å². The van der Waals surface area contributed by atoms with Crippen LogP contribution < -0.4 is 4.90 Å². The van der Waals surface area contributed by atoms with Gasteiger partial charge in [0.2, 0.25) is 0 Å². The standard InChI is InChI=1S/C20H20IN7OS/c1-13-12-29-10-9-27(13)18-11-16(17-4-7-23-26(17)2)24-19(25-18)14-3-6-22-20-15(14)5-8-28(20)30-21/h3-8,11,13H,9-10,12H2,1-2H3. The molecule has 5 rings (SSSR count). The van der Waals surface area contributed by atoms with Crippen LogP contribution in [0.5, 0.6) is 0 Å². The van der Waals surface area contributed by atoms with Crippen LogP contribution in [-0.4, -0.2) is 54.5 Å². The van der Waals surface area contributed by atoms with Crippen LogP contribution in [-0.2, 0) is 11.8 Å². The molecule has 0 aliphatic carbocycles. The van der Waals surface area contributed by atoms with Gasteiger partial charge in [-0.1, -0.05) is 0 Å². The van der Waals surface area contributed by atoms with Crippen molar-refractivity contribution in [3.8, 4) is 22.8 Å². The molecule has 4 aromatic rings. The van der Waals surface area contributed by atoms with Crippen LogP contribution in [0.1, 0.15) is 6.92 Å². The molecule has 0 spiro atoms. The summed E-state index contributed by atoms with van der Waals surface area (Å²) in [5, 5.41) is 5.35. The first-order valence-corrected chi connectivity index (χ1v) is 12.9. The molecule has 4 aromatic heterocycles. The van der Waals surface area contributed by atoms with Crippen LogP contribution in [0.15, 0.2) is 42.9 Å². The highest BCUT2D eigenvalue weighted by molar-refractivity contribution is 14.2. The fraction of sp³-hybridized carbons (Fsp3) is 0.300. The van der Waals surface area contributed by atoms with E-state index in [4.69, 9.17) is 14.7 Å². The number of pyridine rings is 1. The lowest BCUT2D eigenvalue weighted by molar-refractivity contribution is 0.0985. The lowest BCUT2D eigenvalue weighted by Gasteiger charge is -2.34. The van der Waals surface area contributed by atoms with Crippen molar-refractivity contribution >= 4 is 47.2 Å². The predicted molar refractivity (Wildman–Crippen MR) is 128 cm³/mol. The molecule has 154 valence electrons. The normalized spacial score (nSPS) is 17.0. The number of rotatable bonds is 4. The van der Waals surface area contributed by atoms with E-state index in [1.807, 2.05) is 46.3 Å². The Kier molecular flexibility index (Phi) is 5.37. The molecule has 1 aliphatic rings. The zero-order valence-corrected chi connectivity index (χ0v) is 19.5. The Bertz CT molecular complexity index is 1210. The van der Waals surface area contributed by atoms with E-state index in [0.717, 1.165) is 40.3 Å². The van der Waals surface area contributed by atoms with Gasteiger partial charge >= 0.3 is 0 Å². The molecular formula is C20H20IN7OS. The Morgan fingerprint density at radius 3 is 2.87 bits per heavy atom. The second-order valence-electron chi connectivity index (χ2n) is 7.20. The molecule has 30 heavy (non-hydrogen) atoms. The van der Waals surface area contributed by atoms with Gasteiger partial charge in [0.1, 0.15) is 5.82 Å². The first kappa shape index (κ1) is 19.8. The van der Waals surface area contributed by atoms with E-state index in [9.17, 15) is 0 Å². The van der Waals surface area contributed by atoms with Gasteiger partial charge in [0.15, 0.2) is 11.5 Å². The summed E-state index contributed by atoms with van der Waals surface area (Å²) < 4.78 is 9.50. The number of aromatic nitrogens is 6.